The van der Waals surface area contributed by atoms with Gasteiger partial charge in [0.05, 0.1) is 0 Å². The predicted octanol–water partition coefficient (Wildman–Crippen LogP) is 2.94. The third-order valence-corrected chi connectivity index (χ3v) is 3.03. The number of nitrogens with one attached hydrogen (secondary N) is 1. The molecule has 0 unspecified atom stereocenters. The Morgan fingerprint density at radius 3 is 2.35 bits per heavy atom. The molecule has 3 nitrogen and oxygen atoms in total. The zero-order valence-corrected chi connectivity index (χ0v) is 11.6. The molecule has 0 atom stereocenters. The lowest BCUT2D eigenvalue weighted by Gasteiger charge is -2.08. The van der Waals surface area contributed by atoms with Gasteiger partial charge in [-0.25, -0.2) is 0 Å². The van der Waals surface area contributed by atoms with Gasteiger partial charge in [0.25, 0.3) is 5.91 Å². The summed E-state index contributed by atoms with van der Waals surface area (Å²) < 4.78 is 5.44. The van der Waals surface area contributed by atoms with Crippen LogP contribution < -0.4 is 10.1 Å². The van der Waals surface area contributed by atoms with Crippen molar-refractivity contribution in [3.8, 4) is 5.75 Å². The van der Waals surface area contributed by atoms with Crippen molar-refractivity contribution in [1.29, 1.82) is 0 Å². The van der Waals surface area contributed by atoms with E-state index in [4.69, 9.17) is 4.74 Å². The normalized spacial score (nSPS) is 10.1. The Kier molecular flexibility index (Phi) is 5.18. The molecule has 1 amide bonds. The summed E-state index contributed by atoms with van der Waals surface area (Å²) >= 11 is 0. The number of amides is 1. The number of hydrogen-bond donors (Lipinski definition) is 1. The van der Waals surface area contributed by atoms with Crippen molar-refractivity contribution in [2.24, 2.45) is 0 Å². The monoisotopic (exact) mass is 269 g/mol. The maximum absolute atomic E-state index is 11.7. The van der Waals surface area contributed by atoms with Crippen LogP contribution in [0.3, 0.4) is 0 Å². The molecule has 0 radical (unpaired) electrons. The molecule has 0 bridgehead atoms. The molecule has 104 valence electrons. The molecule has 0 saturated carbocycles. The van der Waals surface area contributed by atoms with Crippen LogP contribution in [0.4, 0.5) is 0 Å². The largest absolute Gasteiger partial charge is 0.484 e. The zero-order valence-electron chi connectivity index (χ0n) is 11.6. The number of hydrogen-bond acceptors (Lipinski definition) is 2. The van der Waals surface area contributed by atoms with Crippen LogP contribution in [0.5, 0.6) is 5.75 Å². The van der Waals surface area contributed by atoms with E-state index in [0.717, 1.165) is 17.7 Å². The van der Waals surface area contributed by atoms with E-state index in [9.17, 15) is 4.79 Å². The van der Waals surface area contributed by atoms with E-state index in [1.807, 2.05) is 54.6 Å². The molecule has 0 heterocycles. The lowest BCUT2D eigenvalue weighted by atomic mass is 10.2. The number of aryl methyl sites for hydroxylation is 1. The van der Waals surface area contributed by atoms with Crippen LogP contribution in [0.1, 0.15) is 18.1 Å². The van der Waals surface area contributed by atoms with Crippen LogP contribution in [0.2, 0.25) is 0 Å². The molecule has 3 heteroatoms. The van der Waals surface area contributed by atoms with Gasteiger partial charge in [0.2, 0.25) is 0 Å². The van der Waals surface area contributed by atoms with Gasteiger partial charge in [-0.3, -0.25) is 4.79 Å². The Morgan fingerprint density at radius 1 is 1.00 bits per heavy atom. The maximum atomic E-state index is 11.7. The molecule has 0 aromatic heterocycles. The van der Waals surface area contributed by atoms with Crippen LogP contribution in [-0.2, 0) is 17.8 Å². The molecule has 2 aromatic carbocycles. The lowest BCUT2D eigenvalue weighted by molar-refractivity contribution is -0.123. The van der Waals surface area contributed by atoms with Crippen molar-refractivity contribution in [1.82, 2.24) is 5.32 Å². The van der Waals surface area contributed by atoms with Crippen molar-refractivity contribution in [3.05, 3.63) is 65.7 Å². The van der Waals surface area contributed by atoms with Crippen LogP contribution in [-0.4, -0.2) is 12.5 Å². The molecule has 0 spiro atoms. The fourth-order valence-corrected chi connectivity index (χ4v) is 1.82. The second-order valence-electron chi connectivity index (χ2n) is 4.55. The van der Waals surface area contributed by atoms with Gasteiger partial charge in [0.1, 0.15) is 5.75 Å². The standard InChI is InChI=1S/C17H19NO2/c1-2-14-8-10-16(11-9-14)20-13-17(19)18-12-15-6-4-3-5-7-15/h3-11H,2,12-13H2,1H3,(H,18,19). The second-order valence-corrected chi connectivity index (χ2v) is 4.55. The molecule has 20 heavy (non-hydrogen) atoms. The Labute approximate surface area is 119 Å². The molecule has 0 aliphatic heterocycles. The summed E-state index contributed by atoms with van der Waals surface area (Å²) in [6.07, 6.45) is 0.998. The molecule has 1 N–H and O–H groups in total. The minimum atomic E-state index is -0.117. The summed E-state index contributed by atoms with van der Waals surface area (Å²) in [6, 6.07) is 17.6. The zero-order chi connectivity index (χ0) is 14.2. The van der Waals surface area contributed by atoms with E-state index >= 15 is 0 Å². The number of benzene rings is 2. The van der Waals surface area contributed by atoms with E-state index < -0.39 is 0 Å². The highest BCUT2D eigenvalue weighted by atomic mass is 16.5. The number of carbonyl (C=O) groups is 1. The highest BCUT2D eigenvalue weighted by molar-refractivity contribution is 5.77. The van der Waals surface area contributed by atoms with Gasteiger partial charge in [-0.05, 0) is 29.7 Å². The van der Waals surface area contributed by atoms with Gasteiger partial charge in [-0.15, -0.1) is 0 Å². The minimum absolute atomic E-state index is 0.0400. The van der Waals surface area contributed by atoms with Crippen molar-refractivity contribution in [3.63, 3.8) is 0 Å². The third-order valence-electron chi connectivity index (χ3n) is 3.03. The van der Waals surface area contributed by atoms with Gasteiger partial charge in [-0.1, -0.05) is 49.4 Å². The Hall–Kier alpha value is -2.29. The van der Waals surface area contributed by atoms with Crippen LogP contribution >= 0.6 is 0 Å². The summed E-state index contributed by atoms with van der Waals surface area (Å²) in [6.45, 7) is 2.67. The van der Waals surface area contributed by atoms with Gasteiger partial charge in [0.15, 0.2) is 6.61 Å². The van der Waals surface area contributed by atoms with Gasteiger partial charge < -0.3 is 10.1 Å². The lowest BCUT2D eigenvalue weighted by Crippen LogP contribution is -2.28. The van der Waals surface area contributed by atoms with Crippen molar-refractivity contribution in [2.75, 3.05) is 6.61 Å². The topological polar surface area (TPSA) is 38.3 Å². The summed E-state index contributed by atoms with van der Waals surface area (Å²) in [5, 5.41) is 2.83. The third kappa shape index (κ3) is 4.43. The second kappa shape index (κ2) is 7.34. The Bertz CT molecular complexity index is 535. The molecule has 0 aliphatic carbocycles. The van der Waals surface area contributed by atoms with Crippen molar-refractivity contribution < 1.29 is 9.53 Å². The molecule has 0 aliphatic rings. The average molecular weight is 269 g/mol. The number of carbonyl (C=O) groups excluding carboxylic acids is 1. The summed E-state index contributed by atoms with van der Waals surface area (Å²) in [4.78, 5) is 11.7. The van der Waals surface area contributed by atoms with E-state index in [0.29, 0.717) is 6.54 Å². The highest BCUT2D eigenvalue weighted by Crippen LogP contribution is 2.12. The first-order valence-corrected chi connectivity index (χ1v) is 6.80. The molecule has 0 saturated heterocycles. The fraction of sp³-hybridized carbons (Fsp3) is 0.235. The smallest absolute Gasteiger partial charge is 0.258 e. The predicted molar refractivity (Wildman–Crippen MR) is 79.6 cm³/mol. The van der Waals surface area contributed by atoms with E-state index in [-0.39, 0.29) is 12.5 Å². The SMILES string of the molecule is CCc1ccc(OCC(=O)NCc2ccccc2)cc1. The van der Waals surface area contributed by atoms with Crippen molar-refractivity contribution >= 4 is 5.91 Å². The van der Waals surface area contributed by atoms with E-state index in [1.165, 1.54) is 5.56 Å². The van der Waals surface area contributed by atoms with Crippen LogP contribution in [0.25, 0.3) is 0 Å². The van der Waals surface area contributed by atoms with Crippen LogP contribution in [0, 0.1) is 0 Å². The Balaban J connectivity index is 1.74. The fourth-order valence-electron chi connectivity index (χ4n) is 1.82. The van der Waals surface area contributed by atoms with Gasteiger partial charge in [-0.2, -0.15) is 0 Å². The first kappa shape index (κ1) is 14.1. The van der Waals surface area contributed by atoms with Crippen molar-refractivity contribution in [2.45, 2.75) is 19.9 Å². The molecule has 2 aromatic rings. The first-order valence-electron chi connectivity index (χ1n) is 6.80. The Morgan fingerprint density at radius 2 is 1.70 bits per heavy atom. The number of rotatable bonds is 6. The molecular weight excluding hydrogens is 250 g/mol. The quantitative estimate of drug-likeness (QED) is 0.875. The molecule has 2 rings (SSSR count). The van der Waals surface area contributed by atoms with Crippen LogP contribution in [0.15, 0.2) is 54.6 Å². The van der Waals surface area contributed by atoms with Gasteiger partial charge in [0, 0.05) is 6.54 Å². The maximum Gasteiger partial charge on any atom is 0.258 e. The molecular formula is C17H19NO2. The van der Waals surface area contributed by atoms with E-state index in [2.05, 4.69) is 12.2 Å². The first-order chi connectivity index (χ1) is 9.78. The van der Waals surface area contributed by atoms with E-state index in [1.54, 1.807) is 0 Å². The average Bonchev–Trinajstić information content (AvgIpc) is 2.52. The summed E-state index contributed by atoms with van der Waals surface area (Å²) in [5.41, 5.74) is 2.33. The molecule has 0 fully saturated rings. The summed E-state index contributed by atoms with van der Waals surface area (Å²) in [5.74, 6) is 0.602. The summed E-state index contributed by atoms with van der Waals surface area (Å²) in [7, 11) is 0. The van der Waals surface area contributed by atoms with Gasteiger partial charge >= 0.3 is 0 Å². The highest BCUT2D eigenvalue weighted by Gasteiger charge is 2.02. The minimum Gasteiger partial charge on any atom is -0.484 e. The number of ether oxygens (including phenoxy) is 1.